The van der Waals surface area contributed by atoms with Gasteiger partial charge in [-0.2, -0.15) is 23.4 Å². The van der Waals surface area contributed by atoms with E-state index in [1.165, 1.54) is 18.5 Å². The molecule has 1 N–H and O–H groups in total. The van der Waals surface area contributed by atoms with Crippen LogP contribution in [0.2, 0.25) is 5.02 Å². The second kappa shape index (κ2) is 8.54. The van der Waals surface area contributed by atoms with Crippen LogP contribution in [0.25, 0.3) is 16.9 Å². The van der Waals surface area contributed by atoms with Crippen LogP contribution >= 0.6 is 11.6 Å². The van der Waals surface area contributed by atoms with Crippen molar-refractivity contribution in [1.29, 1.82) is 0 Å². The summed E-state index contributed by atoms with van der Waals surface area (Å²) in [6.07, 6.45) is 0.940. The van der Waals surface area contributed by atoms with E-state index < -0.39 is 46.4 Å². The van der Waals surface area contributed by atoms with Crippen LogP contribution in [-0.4, -0.2) is 30.9 Å². The molecule has 3 heterocycles. The van der Waals surface area contributed by atoms with Crippen LogP contribution in [0.1, 0.15) is 15.9 Å². The molecule has 4 aromatic rings. The molecule has 0 bridgehead atoms. The summed E-state index contributed by atoms with van der Waals surface area (Å²) in [6, 6.07) is 3.33. The monoisotopic (exact) mass is 480 g/mol. The van der Waals surface area contributed by atoms with Gasteiger partial charge >= 0.3 is 6.18 Å². The first kappa shape index (κ1) is 22.3. The van der Waals surface area contributed by atoms with Crippen molar-refractivity contribution in [1.82, 2.24) is 25.0 Å². The molecule has 0 fully saturated rings. The fraction of sp³-hybridized carbons (Fsp3) is 0.0500. The number of hydrogen-bond donors (Lipinski definition) is 1. The number of nitrogens with zero attached hydrogens (tertiary/aromatic N) is 5. The summed E-state index contributed by atoms with van der Waals surface area (Å²) < 4.78 is 69.7. The number of benzene rings is 1. The zero-order valence-corrected chi connectivity index (χ0v) is 16.9. The first-order chi connectivity index (χ1) is 15.6. The van der Waals surface area contributed by atoms with Crippen molar-refractivity contribution in [3.05, 3.63) is 83.0 Å². The second-order valence-corrected chi connectivity index (χ2v) is 6.94. The van der Waals surface area contributed by atoms with E-state index in [2.05, 4.69) is 25.5 Å². The summed E-state index contributed by atoms with van der Waals surface area (Å²) in [6.45, 7) is 0. The zero-order chi connectivity index (χ0) is 23.8. The Balaban J connectivity index is 1.66. The molecule has 0 spiro atoms. The molecule has 7 nitrogen and oxygen atoms in total. The fourth-order valence-electron chi connectivity index (χ4n) is 2.94. The van der Waals surface area contributed by atoms with E-state index in [1.54, 1.807) is 0 Å². The molecule has 1 aromatic carbocycles. The van der Waals surface area contributed by atoms with E-state index in [0.717, 1.165) is 24.7 Å². The molecule has 13 heteroatoms. The molecule has 0 radical (unpaired) electrons. The summed E-state index contributed by atoms with van der Waals surface area (Å²) in [4.78, 5) is 20.5. The Labute approximate surface area is 186 Å². The van der Waals surface area contributed by atoms with E-state index in [1.807, 2.05) is 0 Å². The van der Waals surface area contributed by atoms with E-state index in [0.29, 0.717) is 16.9 Å². The van der Waals surface area contributed by atoms with E-state index in [4.69, 9.17) is 11.6 Å². The number of carbonyl (C=O) groups is 1. The van der Waals surface area contributed by atoms with Crippen LogP contribution in [0.5, 0.6) is 0 Å². The van der Waals surface area contributed by atoms with Crippen LogP contribution in [0.3, 0.4) is 0 Å². The quantitative estimate of drug-likeness (QED) is 0.419. The molecule has 0 aliphatic carbocycles. The molecule has 0 saturated carbocycles. The molecule has 3 aromatic heterocycles. The highest BCUT2D eigenvalue weighted by atomic mass is 35.5. The molecule has 4 rings (SSSR count). The van der Waals surface area contributed by atoms with Gasteiger partial charge in [-0.25, -0.2) is 13.8 Å². The molecule has 33 heavy (non-hydrogen) atoms. The van der Waals surface area contributed by atoms with Crippen LogP contribution in [0.4, 0.5) is 27.6 Å². The maximum Gasteiger partial charge on any atom is 0.420 e. The van der Waals surface area contributed by atoms with Crippen LogP contribution in [0.15, 0.2) is 55.2 Å². The van der Waals surface area contributed by atoms with Gasteiger partial charge in [-0.1, -0.05) is 11.6 Å². The van der Waals surface area contributed by atoms with Crippen LogP contribution in [-0.2, 0) is 6.18 Å². The van der Waals surface area contributed by atoms with Crippen molar-refractivity contribution in [2.24, 2.45) is 0 Å². The Morgan fingerprint density at radius 2 is 1.70 bits per heavy atom. The molecular weight excluding hydrogens is 471 g/mol. The molecule has 0 aliphatic heterocycles. The highest BCUT2D eigenvalue weighted by Crippen LogP contribution is 2.34. The maximum absolute atomic E-state index is 14.6. The first-order valence-electron chi connectivity index (χ1n) is 8.99. The van der Waals surface area contributed by atoms with E-state index >= 15 is 0 Å². The number of halogens is 6. The predicted molar refractivity (Wildman–Crippen MR) is 107 cm³/mol. The zero-order valence-electron chi connectivity index (χ0n) is 16.1. The number of aromatic nitrogens is 5. The molecule has 0 saturated heterocycles. The number of anilines is 1. The highest BCUT2D eigenvalue weighted by molar-refractivity contribution is 6.33. The summed E-state index contributed by atoms with van der Waals surface area (Å²) in [5.41, 5.74) is -2.44. The summed E-state index contributed by atoms with van der Waals surface area (Å²) in [7, 11) is 0. The third-order valence-electron chi connectivity index (χ3n) is 4.40. The van der Waals surface area contributed by atoms with Crippen molar-refractivity contribution in [2.45, 2.75) is 6.18 Å². The lowest BCUT2D eigenvalue weighted by atomic mass is 10.0. The highest BCUT2D eigenvalue weighted by Gasteiger charge is 2.36. The van der Waals surface area contributed by atoms with Gasteiger partial charge < -0.3 is 5.32 Å². The Morgan fingerprint density at radius 3 is 2.36 bits per heavy atom. The van der Waals surface area contributed by atoms with Crippen molar-refractivity contribution < 1.29 is 26.7 Å². The lowest BCUT2D eigenvalue weighted by Gasteiger charge is -2.14. The first-order valence-corrected chi connectivity index (χ1v) is 9.37. The Kier molecular flexibility index (Phi) is 5.77. The van der Waals surface area contributed by atoms with Gasteiger partial charge in [-0.05, 0) is 24.3 Å². The number of nitrogens with one attached hydrogen (secondary N) is 1. The molecule has 1 amide bonds. The van der Waals surface area contributed by atoms with Crippen molar-refractivity contribution >= 4 is 23.2 Å². The van der Waals surface area contributed by atoms with Gasteiger partial charge in [0.05, 0.1) is 34.9 Å². The average Bonchev–Trinajstić information content (AvgIpc) is 3.30. The van der Waals surface area contributed by atoms with Gasteiger partial charge in [0.25, 0.3) is 5.91 Å². The minimum Gasteiger partial charge on any atom is -0.320 e. The van der Waals surface area contributed by atoms with E-state index in [9.17, 15) is 26.7 Å². The van der Waals surface area contributed by atoms with Crippen LogP contribution < -0.4 is 5.32 Å². The summed E-state index contributed by atoms with van der Waals surface area (Å²) >= 11 is 5.95. The van der Waals surface area contributed by atoms with Gasteiger partial charge in [0.1, 0.15) is 17.2 Å². The lowest BCUT2D eigenvalue weighted by Crippen LogP contribution is -2.18. The minimum atomic E-state index is -4.86. The van der Waals surface area contributed by atoms with Crippen molar-refractivity contribution in [3.63, 3.8) is 0 Å². The fourth-order valence-corrected chi connectivity index (χ4v) is 3.16. The number of carbonyl (C=O) groups excluding carboxylic acids is 1. The van der Waals surface area contributed by atoms with Crippen molar-refractivity contribution in [2.75, 3.05) is 5.32 Å². The van der Waals surface area contributed by atoms with Gasteiger partial charge in [0.15, 0.2) is 5.82 Å². The second-order valence-electron chi connectivity index (χ2n) is 6.53. The normalized spacial score (nSPS) is 11.5. The van der Waals surface area contributed by atoms with Gasteiger partial charge in [-0.3, -0.25) is 9.78 Å². The Morgan fingerprint density at radius 1 is 0.970 bits per heavy atom. The maximum atomic E-state index is 14.6. The molecule has 0 atom stereocenters. The molecular formula is C20H10ClF5N6O. The third kappa shape index (κ3) is 4.51. The smallest absolute Gasteiger partial charge is 0.320 e. The third-order valence-corrected chi connectivity index (χ3v) is 4.70. The number of pyridine rings is 2. The summed E-state index contributed by atoms with van der Waals surface area (Å²) in [5, 5.41) is 9.37. The number of amides is 1. The standard InChI is InChI=1S/C20H10ClF5N6O/c21-15-9-27-2-1-11(15)12-6-17(23)13(7-16(12)22)19(33)31-10-5-14(20(24,25)26)18(28-8-10)32-29-3-4-30-32/h1-9H,(H,31,33). The number of hydrogen-bond acceptors (Lipinski definition) is 5. The van der Waals surface area contributed by atoms with Crippen LogP contribution in [0, 0.1) is 11.6 Å². The SMILES string of the molecule is O=C(Nc1cnc(-n2nccn2)c(C(F)(F)F)c1)c1cc(F)c(-c2ccncc2Cl)cc1F. The van der Waals surface area contributed by atoms with Gasteiger partial charge in [0.2, 0.25) is 0 Å². The molecule has 0 aliphatic rings. The van der Waals surface area contributed by atoms with E-state index in [-0.39, 0.29) is 16.1 Å². The minimum absolute atomic E-state index is 0.0607. The van der Waals surface area contributed by atoms with Gasteiger partial charge in [0, 0.05) is 23.5 Å². The average molecular weight is 481 g/mol. The Hall–Kier alpha value is -3.93. The van der Waals surface area contributed by atoms with Gasteiger partial charge in [-0.15, -0.1) is 4.80 Å². The Bertz CT molecular complexity index is 1340. The summed E-state index contributed by atoms with van der Waals surface area (Å²) in [5.74, 6) is -3.89. The molecule has 168 valence electrons. The largest absolute Gasteiger partial charge is 0.420 e. The van der Waals surface area contributed by atoms with Crippen molar-refractivity contribution in [3.8, 4) is 16.9 Å². The molecule has 0 unspecified atom stereocenters. The number of rotatable bonds is 4. The topological polar surface area (TPSA) is 85.6 Å². The predicted octanol–water partition coefficient (Wildman–Crippen LogP) is 4.93. The number of alkyl halides is 3. The lowest BCUT2D eigenvalue weighted by molar-refractivity contribution is -0.137.